The van der Waals surface area contributed by atoms with Crippen molar-refractivity contribution in [1.29, 1.82) is 0 Å². The second-order valence-corrected chi connectivity index (χ2v) is 6.76. The molecule has 1 aromatic carbocycles. The molecule has 2 atom stereocenters. The fourth-order valence-electron chi connectivity index (χ4n) is 3.97. The van der Waals surface area contributed by atoms with E-state index in [1.54, 1.807) is 12.1 Å². The van der Waals surface area contributed by atoms with Crippen LogP contribution in [-0.2, 0) is 11.0 Å². The van der Waals surface area contributed by atoms with Gasteiger partial charge >= 0.3 is 6.18 Å². The molecule has 0 radical (unpaired) electrons. The van der Waals surface area contributed by atoms with Gasteiger partial charge in [0, 0.05) is 17.9 Å². The smallest absolute Gasteiger partial charge is 0.353 e. The molecule has 132 valence electrons. The third-order valence-corrected chi connectivity index (χ3v) is 5.22. The van der Waals surface area contributed by atoms with Crippen LogP contribution in [0.5, 0.6) is 0 Å². The van der Waals surface area contributed by atoms with Crippen molar-refractivity contribution in [2.45, 2.75) is 50.2 Å². The molecule has 1 aliphatic carbocycles. The first kappa shape index (κ1) is 17.3. The van der Waals surface area contributed by atoms with Crippen LogP contribution in [0.15, 0.2) is 24.3 Å². The lowest BCUT2D eigenvalue weighted by Crippen LogP contribution is -2.43. The van der Waals surface area contributed by atoms with Crippen LogP contribution in [-0.4, -0.2) is 25.0 Å². The Balaban J connectivity index is 1.75. The maximum Gasteiger partial charge on any atom is 0.416 e. The van der Waals surface area contributed by atoms with Crippen LogP contribution in [0.2, 0.25) is 0 Å². The van der Waals surface area contributed by atoms with Crippen LogP contribution in [0, 0.1) is 5.92 Å². The predicted octanol–water partition coefficient (Wildman–Crippen LogP) is 3.46. The topological polar surface area (TPSA) is 41.1 Å². The minimum absolute atomic E-state index is 0.00195. The molecule has 0 unspecified atom stereocenters. The minimum Gasteiger partial charge on any atom is -0.353 e. The largest absolute Gasteiger partial charge is 0.416 e. The Kier molecular flexibility index (Phi) is 5.13. The van der Waals surface area contributed by atoms with Crippen LogP contribution in [0.1, 0.15) is 49.1 Å². The molecule has 1 aromatic rings. The molecule has 2 aliphatic rings. The Bertz CT molecular complexity index is 582. The first-order chi connectivity index (χ1) is 11.5. The number of amides is 1. The van der Waals surface area contributed by atoms with Gasteiger partial charge in [-0.2, -0.15) is 13.2 Å². The predicted molar refractivity (Wildman–Crippen MR) is 85.6 cm³/mol. The molecule has 0 spiro atoms. The van der Waals surface area contributed by atoms with Gasteiger partial charge in [0.15, 0.2) is 0 Å². The van der Waals surface area contributed by atoms with Gasteiger partial charge in [0.25, 0.3) is 0 Å². The Hall–Kier alpha value is -1.56. The molecule has 24 heavy (non-hydrogen) atoms. The lowest BCUT2D eigenvalue weighted by atomic mass is 9.89. The third-order valence-electron chi connectivity index (χ3n) is 5.22. The van der Waals surface area contributed by atoms with Crippen molar-refractivity contribution < 1.29 is 18.0 Å². The molecule has 2 fully saturated rings. The second kappa shape index (κ2) is 7.13. The average Bonchev–Trinajstić information content (AvgIpc) is 3.03. The van der Waals surface area contributed by atoms with Crippen LogP contribution in [0.25, 0.3) is 0 Å². The molecule has 0 aromatic heterocycles. The molecule has 3 nitrogen and oxygen atoms in total. The molecule has 1 amide bonds. The second-order valence-electron chi connectivity index (χ2n) is 6.76. The van der Waals surface area contributed by atoms with Gasteiger partial charge in [0.1, 0.15) is 0 Å². The van der Waals surface area contributed by atoms with Crippen LogP contribution >= 0.6 is 0 Å². The summed E-state index contributed by atoms with van der Waals surface area (Å²) in [5.74, 6) is -0.281. The van der Waals surface area contributed by atoms with Gasteiger partial charge in [0.2, 0.25) is 5.91 Å². The zero-order valence-corrected chi connectivity index (χ0v) is 13.5. The molecular formula is C18H23F3N2O. The average molecular weight is 340 g/mol. The standard InChI is InChI=1S/C18H23F3N2O/c19-18(20,21)15-6-2-1-4-13(15)14-5-3-7-16(14)23-17(24)12-8-10-22-11-9-12/h1-2,4,6,12,14,16,22H,3,5,7-11H2,(H,23,24)/t14-,16-/m0/s1. The zero-order valence-electron chi connectivity index (χ0n) is 13.5. The first-order valence-electron chi connectivity index (χ1n) is 8.64. The highest BCUT2D eigenvalue weighted by atomic mass is 19.4. The van der Waals surface area contributed by atoms with Crippen molar-refractivity contribution in [3.8, 4) is 0 Å². The normalized spacial score (nSPS) is 25.6. The molecule has 1 aliphatic heterocycles. The maximum absolute atomic E-state index is 13.3. The quantitative estimate of drug-likeness (QED) is 0.885. The van der Waals surface area contributed by atoms with E-state index in [0.29, 0.717) is 12.0 Å². The monoisotopic (exact) mass is 340 g/mol. The molecule has 1 saturated heterocycles. The Morgan fingerprint density at radius 2 is 1.79 bits per heavy atom. The van der Waals surface area contributed by atoms with Gasteiger partial charge in [-0.05, 0) is 50.4 Å². The first-order valence-corrected chi connectivity index (χ1v) is 8.64. The fraction of sp³-hybridized carbons (Fsp3) is 0.611. The lowest BCUT2D eigenvalue weighted by molar-refractivity contribution is -0.138. The molecule has 6 heteroatoms. The summed E-state index contributed by atoms with van der Waals surface area (Å²) >= 11 is 0. The van der Waals surface area contributed by atoms with Gasteiger partial charge < -0.3 is 10.6 Å². The number of halogens is 3. The summed E-state index contributed by atoms with van der Waals surface area (Å²) in [6.07, 6.45) is -0.501. The highest BCUT2D eigenvalue weighted by Gasteiger charge is 2.39. The van der Waals surface area contributed by atoms with Crippen molar-refractivity contribution in [1.82, 2.24) is 10.6 Å². The van der Waals surface area contributed by atoms with Gasteiger partial charge in [-0.3, -0.25) is 4.79 Å². The van der Waals surface area contributed by atoms with Gasteiger partial charge in [-0.1, -0.05) is 24.6 Å². The summed E-state index contributed by atoms with van der Waals surface area (Å²) in [7, 11) is 0. The van der Waals surface area contributed by atoms with E-state index in [1.807, 2.05) is 0 Å². The van der Waals surface area contributed by atoms with Crippen LogP contribution < -0.4 is 10.6 Å². The maximum atomic E-state index is 13.3. The number of carbonyl (C=O) groups is 1. The number of nitrogens with one attached hydrogen (secondary N) is 2. The lowest BCUT2D eigenvalue weighted by Gasteiger charge is -2.28. The summed E-state index contributed by atoms with van der Waals surface area (Å²) in [4.78, 5) is 12.5. The number of benzene rings is 1. The molecule has 1 saturated carbocycles. The number of alkyl halides is 3. The van der Waals surface area contributed by atoms with E-state index in [-0.39, 0.29) is 23.8 Å². The van der Waals surface area contributed by atoms with E-state index < -0.39 is 11.7 Å². The molecular weight excluding hydrogens is 317 g/mol. The van der Waals surface area contributed by atoms with Crippen LogP contribution in [0.3, 0.4) is 0 Å². The third kappa shape index (κ3) is 3.74. The summed E-state index contributed by atoms with van der Waals surface area (Å²) in [5.41, 5.74) is -0.254. The van der Waals surface area contributed by atoms with E-state index in [1.165, 1.54) is 6.07 Å². The van der Waals surface area contributed by atoms with E-state index >= 15 is 0 Å². The van der Waals surface area contributed by atoms with E-state index in [0.717, 1.165) is 44.8 Å². The van der Waals surface area contributed by atoms with Crippen molar-refractivity contribution in [3.05, 3.63) is 35.4 Å². The van der Waals surface area contributed by atoms with E-state index in [9.17, 15) is 18.0 Å². The van der Waals surface area contributed by atoms with Gasteiger partial charge in [-0.15, -0.1) is 0 Å². The van der Waals surface area contributed by atoms with Gasteiger partial charge in [0.05, 0.1) is 5.56 Å². The number of carbonyl (C=O) groups excluding carboxylic acids is 1. The number of hydrogen-bond acceptors (Lipinski definition) is 2. The van der Waals surface area contributed by atoms with Gasteiger partial charge in [-0.25, -0.2) is 0 Å². The van der Waals surface area contributed by atoms with E-state index in [4.69, 9.17) is 0 Å². The van der Waals surface area contributed by atoms with Crippen molar-refractivity contribution >= 4 is 5.91 Å². The molecule has 1 heterocycles. The van der Waals surface area contributed by atoms with Crippen LogP contribution in [0.4, 0.5) is 13.2 Å². The molecule has 2 N–H and O–H groups in total. The number of rotatable bonds is 3. The van der Waals surface area contributed by atoms with Crippen molar-refractivity contribution in [2.24, 2.45) is 5.92 Å². The summed E-state index contributed by atoms with van der Waals surface area (Å²) < 4.78 is 39.9. The zero-order chi connectivity index (χ0) is 17.2. The minimum atomic E-state index is -4.36. The van der Waals surface area contributed by atoms with Crippen molar-refractivity contribution in [2.75, 3.05) is 13.1 Å². The van der Waals surface area contributed by atoms with Crippen molar-refractivity contribution in [3.63, 3.8) is 0 Å². The summed E-state index contributed by atoms with van der Waals surface area (Å²) in [6, 6.07) is 5.57. The molecule has 3 rings (SSSR count). The molecule has 0 bridgehead atoms. The highest BCUT2D eigenvalue weighted by molar-refractivity contribution is 5.79. The fourth-order valence-corrected chi connectivity index (χ4v) is 3.97. The SMILES string of the molecule is O=C(N[C@H]1CCC[C@H]1c1ccccc1C(F)(F)F)C1CCNCC1. The highest BCUT2D eigenvalue weighted by Crippen LogP contribution is 2.41. The summed E-state index contributed by atoms with van der Waals surface area (Å²) in [5, 5.41) is 6.26. The Labute approximate surface area is 140 Å². The van der Waals surface area contributed by atoms with E-state index in [2.05, 4.69) is 10.6 Å². The summed E-state index contributed by atoms with van der Waals surface area (Å²) in [6.45, 7) is 1.65. The number of hydrogen-bond donors (Lipinski definition) is 2. The number of piperidine rings is 1. The Morgan fingerprint density at radius 3 is 2.50 bits per heavy atom. The Morgan fingerprint density at radius 1 is 1.08 bits per heavy atom.